The highest BCUT2D eigenvalue weighted by atomic mass is 16.4. The number of rotatable bonds is 7. The number of primary amides is 2. The van der Waals surface area contributed by atoms with Crippen molar-refractivity contribution >= 4 is 23.7 Å². The molecule has 0 rings (SSSR count). The number of aliphatic imine (C=N–C) groups is 1. The highest BCUT2D eigenvalue weighted by Gasteiger charge is 2.09. The molecule has 0 radical (unpaired) electrons. The smallest absolute Gasteiger partial charge is 0.320 e. The summed E-state index contributed by atoms with van der Waals surface area (Å²) in [4.78, 5) is 32.8. The zero-order valence-electron chi connectivity index (χ0n) is 12.3. The van der Waals surface area contributed by atoms with Gasteiger partial charge in [-0.1, -0.05) is 13.2 Å². The van der Waals surface area contributed by atoms with Crippen molar-refractivity contribution in [2.24, 2.45) is 33.7 Å². The summed E-state index contributed by atoms with van der Waals surface area (Å²) in [6.45, 7) is 6.59. The molecule has 11 N–H and O–H groups in total. The Kier molecular flexibility index (Phi) is 17.8. The molecule has 0 fully saturated rings. The lowest BCUT2D eigenvalue weighted by atomic mass is 10.2. The van der Waals surface area contributed by atoms with Crippen molar-refractivity contribution in [2.75, 3.05) is 6.54 Å². The number of hydrogen-bond acceptors (Lipinski definition) is 5. The third-order valence-corrected chi connectivity index (χ3v) is 1.69. The van der Waals surface area contributed by atoms with E-state index in [1.54, 1.807) is 0 Å². The van der Waals surface area contributed by atoms with Crippen LogP contribution in [0.2, 0.25) is 0 Å². The highest BCUT2D eigenvalue weighted by Crippen LogP contribution is 1.94. The lowest BCUT2D eigenvalue weighted by Crippen LogP contribution is -2.30. The summed E-state index contributed by atoms with van der Waals surface area (Å²) in [7, 11) is 0. The number of carboxylic acids is 1. The van der Waals surface area contributed by atoms with Gasteiger partial charge in [-0.25, -0.2) is 0 Å². The molecule has 0 heterocycles. The van der Waals surface area contributed by atoms with Gasteiger partial charge in [0.05, 0.1) is 0 Å². The van der Waals surface area contributed by atoms with Crippen LogP contribution in [-0.4, -0.2) is 41.4 Å². The molecule has 1 atom stereocenters. The van der Waals surface area contributed by atoms with Crippen LogP contribution in [0.1, 0.15) is 12.8 Å². The molecule has 126 valence electrons. The molecule has 0 saturated heterocycles. The number of carbonyl (C=O) groups excluding carboxylic acids is 2. The molecule has 0 aliphatic carbocycles. The van der Waals surface area contributed by atoms with Crippen molar-refractivity contribution < 1.29 is 19.5 Å². The molecule has 0 spiro atoms. The maximum atomic E-state index is 10.2. The molecule has 0 aliphatic heterocycles. The van der Waals surface area contributed by atoms with Crippen LogP contribution in [-0.2, 0) is 14.4 Å². The first-order valence-corrected chi connectivity index (χ1v) is 5.95. The first-order valence-electron chi connectivity index (χ1n) is 5.95. The number of amides is 2. The second-order valence-electron chi connectivity index (χ2n) is 3.61. The summed E-state index contributed by atoms with van der Waals surface area (Å²) in [6, 6.07) is -0.820. The zero-order valence-corrected chi connectivity index (χ0v) is 12.3. The first kappa shape index (κ1) is 24.2. The number of carboxylic acid groups (broad SMARTS) is 1. The Morgan fingerprint density at radius 3 is 1.64 bits per heavy atom. The van der Waals surface area contributed by atoms with Crippen LogP contribution in [0.5, 0.6) is 0 Å². The molecule has 0 aromatic heterocycles. The predicted molar refractivity (Wildman–Crippen MR) is 84.3 cm³/mol. The summed E-state index contributed by atoms with van der Waals surface area (Å²) in [5, 5.41) is 8.38. The molecule has 0 aromatic rings. The summed E-state index contributed by atoms with van der Waals surface area (Å²) < 4.78 is 0. The average molecular weight is 316 g/mol. The molecule has 0 aliphatic rings. The van der Waals surface area contributed by atoms with Gasteiger partial charge >= 0.3 is 5.97 Å². The van der Waals surface area contributed by atoms with Gasteiger partial charge in [0.15, 0.2) is 5.96 Å². The van der Waals surface area contributed by atoms with E-state index in [2.05, 4.69) is 29.6 Å². The SMILES string of the molecule is C=CC(N)=O.C=CC(N)=O.NC(N)=NCCCC(N)C(=O)O. The summed E-state index contributed by atoms with van der Waals surface area (Å²) >= 11 is 0. The molecular weight excluding hydrogens is 292 g/mol. The Bertz CT molecular complexity index is 386. The third-order valence-electron chi connectivity index (χ3n) is 1.69. The number of nitrogens with two attached hydrogens (primary N) is 5. The number of guanidine groups is 1. The van der Waals surface area contributed by atoms with Crippen molar-refractivity contribution in [1.82, 2.24) is 0 Å². The fourth-order valence-electron chi connectivity index (χ4n) is 0.643. The van der Waals surface area contributed by atoms with Crippen LogP contribution < -0.4 is 28.7 Å². The van der Waals surface area contributed by atoms with Crippen LogP contribution in [0.3, 0.4) is 0 Å². The van der Waals surface area contributed by atoms with Gasteiger partial charge in [0.1, 0.15) is 6.04 Å². The monoisotopic (exact) mass is 316 g/mol. The number of hydrogen-bond donors (Lipinski definition) is 6. The van der Waals surface area contributed by atoms with E-state index in [1.165, 1.54) is 0 Å². The number of aliphatic carboxylic acids is 1. The van der Waals surface area contributed by atoms with Gasteiger partial charge in [-0.3, -0.25) is 19.4 Å². The molecular formula is C12H24N6O4. The van der Waals surface area contributed by atoms with Crippen LogP contribution >= 0.6 is 0 Å². The van der Waals surface area contributed by atoms with Gasteiger partial charge in [-0.2, -0.15) is 0 Å². The summed E-state index contributed by atoms with van der Waals surface area (Å²) in [5.74, 6) is -1.95. The summed E-state index contributed by atoms with van der Waals surface area (Å²) in [5.41, 5.74) is 24.4. The van der Waals surface area contributed by atoms with Gasteiger partial charge < -0.3 is 33.8 Å². The molecule has 22 heavy (non-hydrogen) atoms. The summed E-state index contributed by atoms with van der Waals surface area (Å²) in [6.07, 6.45) is 3.07. The normalized spacial score (nSPS) is 9.50. The molecule has 2 amide bonds. The Morgan fingerprint density at radius 1 is 1.05 bits per heavy atom. The highest BCUT2D eigenvalue weighted by molar-refractivity contribution is 5.85. The second-order valence-corrected chi connectivity index (χ2v) is 3.61. The van der Waals surface area contributed by atoms with Gasteiger partial charge in [-0.05, 0) is 25.0 Å². The van der Waals surface area contributed by atoms with E-state index < -0.39 is 23.8 Å². The first-order chi connectivity index (χ1) is 10.1. The molecule has 0 saturated carbocycles. The number of nitrogens with zero attached hydrogens (tertiary/aromatic N) is 1. The molecule has 10 nitrogen and oxygen atoms in total. The predicted octanol–water partition coefficient (Wildman–Crippen LogP) is -2.23. The van der Waals surface area contributed by atoms with Gasteiger partial charge in [-0.15, -0.1) is 0 Å². The standard InChI is InChI=1S/C6H14N4O2.2C3H5NO/c7-4(5(11)12)2-1-3-10-6(8)9;2*1-2-3(4)5/h4H,1-3,7H2,(H,11,12)(H4,8,9,10);2*2H,1H2,(H2,4,5). The van der Waals surface area contributed by atoms with E-state index in [9.17, 15) is 14.4 Å². The minimum Gasteiger partial charge on any atom is -0.480 e. The van der Waals surface area contributed by atoms with Crippen molar-refractivity contribution in [1.29, 1.82) is 0 Å². The Morgan fingerprint density at radius 2 is 1.41 bits per heavy atom. The largest absolute Gasteiger partial charge is 0.480 e. The quantitative estimate of drug-likeness (QED) is 0.131. The molecule has 1 unspecified atom stereocenters. The van der Waals surface area contributed by atoms with Crippen molar-refractivity contribution in [3.8, 4) is 0 Å². The Balaban J connectivity index is -0.000000298. The lowest BCUT2D eigenvalue weighted by Gasteiger charge is -2.03. The van der Waals surface area contributed by atoms with Crippen molar-refractivity contribution in [3.05, 3.63) is 25.3 Å². The molecule has 0 bridgehead atoms. The van der Waals surface area contributed by atoms with E-state index in [-0.39, 0.29) is 5.96 Å². The fourth-order valence-corrected chi connectivity index (χ4v) is 0.643. The van der Waals surface area contributed by atoms with Gasteiger partial charge in [0.25, 0.3) is 0 Å². The van der Waals surface area contributed by atoms with Crippen molar-refractivity contribution in [2.45, 2.75) is 18.9 Å². The van der Waals surface area contributed by atoms with Gasteiger partial charge in [0.2, 0.25) is 11.8 Å². The molecule has 0 aromatic carbocycles. The topological polar surface area (TPSA) is 214 Å². The van der Waals surface area contributed by atoms with Crippen LogP contribution in [0.25, 0.3) is 0 Å². The second kappa shape index (κ2) is 16.2. The minimum absolute atomic E-state index is 0.0129. The Labute approximate surface area is 128 Å². The van der Waals surface area contributed by atoms with Crippen LogP contribution in [0.4, 0.5) is 0 Å². The fraction of sp³-hybridized carbons (Fsp3) is 0.333. The maximum absolute atomic E-state index is 10.2. The van der Waals surface area contributed by atoms with E-state index in [0.29, 0.717) is 19.4 Å². The van der Waals surface area contributed by atoms with Crippen LogP contribution in [0.15, 0.2) is 30.3 Å². The van der Waals surface area contributed by atoms with Crippen molar-refractivity contribution in [3.63, 3.8) is 0 Å². The van der Waals surface area contributed by atoms with E-state index in [4.69, 9.17) is 22.3 Å². The third kappa shape index (κ3) is 30.3. The number of carbonyl (C=O) groups is 3. The van der Waals surface area contributed by atoms with Crippen LogP contribution in [0, 0.1) is 0 Å². The maximum Gasteiger partial charge on any atom is 0.320 e. The molecule has 10 heteroatoms. The van der Waals surface area contributed by atoms with E-state index >= 15 is 0 Å². The van der Waals surface area contributed by atoms with E-state index in [0.717, 1.165) is 12.2 Å². The average Bonchev–Trinajstić information content (AvgIpc) is 2.44. The van der Waals surface area contributed by atoms with Gasteiger partial charge in [0, 0.05) is 6.54 Å². The van der Waals surface area contributed by atoms with E-state index in [1.807, 2.05) is 0 Å². The lowest BCUT2D eigenvalue weighted by molar-refractivity contribution is -0.138. The Hall–Kier alpha value is -2.88. The minimum atomic E-state index is -1.00. The zero-order chi connectivity index (χ0) is 18.1.